The van der Waals surface area contributed by atoms with Crippen LogP contribution in [0.3, 0.4) is 0 Å². The second-order valence-electron chi connectivity index (χ2n) is 3.35. The van der Waals surface area contributed by atoms with Crippen LogP contribution in [0.5, 0.6) is 0 Å². The van der Waals surface area contributed by atoms with E-state index in [0.717, 1.165) is 0 Å². The highest BCUT2D eigenvalue weighted by atomic mass is 19.4. The van der Waals surface area contributed by atoms with Crippen LogP contribution >= 0.6 is 0 Å². The lowest BCUT2D eigenvalue weighted by Crippen LogP contribution is -2.30. The van der Waals surface area contributed by atoms with Crippen LogP contribution in [0.2, 0.25) is 0 Å². The summed E-state index contributed by atoms with van der Waals surface area (Å²) < 4.78 is 36.0. The molecule has 1 amide bonds. The molecule has 8 heteroatoms. The molecule has 2 heterocycles. The van der Waals surface area contributed by atoms with E-state index < -0.39 is 12.1 Å². The van der Waals surface area contributed by atoms with Crippen molar-refractivity contribution in [3.63, 3.8) is 0 Å². The van der Waals surface area contributed by atoms with Crippen LogP contribution in [-0.2, 0) is 4.79 Å². The van der Waals surface area contributed by atoms with Crippen LogP contribution in [0.25, 0.3) is 11.3 Å². The molecular formula is C10H7F3N4O. The first-order chi connectivity index (χ1) is 8.47. The van der Waals surface area contributed by atoms with E-state index in [0.29, 0.717) is 11.3 Å². The fourth-order valence-electron chi connectivity index (χ4n) is 1.25. The summed E-state index contributed by atoms with van der Waals surface area (Å²) in [4.78, 5) is 14.5. The van der Waals surface area contributed by atoms with Gasteiger partial charge in [-0.15, -0.1) is 0 Å². The fraction of sp³-hybridized carbons (Fsp3) is 0.100. The Morgan fingerprint density at radius 1 is 1.28 bits per heavy atom. The van der Waals surface area contributed by atoms with Crippen LogP contribution in [-0.4, -0.2) is 27.3 Å². The number of carbonyl (C=O) groups excluding carboxylic acids is 1. The second-order valence-corrected chi connectivity index (χ2v) is 3.35. The van der Waals surface area contributed by atoms with E-state index in [9.17, 15) is 18.0 Å². The van der Waals surface area contributed by atoms with Gasteiger partial charge in [0.25, 0.3) is 0 Å². The van der Waals surface area contributed by atoms with Crippen molar-refractivity contribution in [3.8, 4) is 11.3 Å². The number of alkyl halides is 3. The molecule has 0 aliphatic heterocycles. The number of aromatic nitrogens is 3. The van der Waals surface area contributed by atoms with Gasteiger partial charge >= 0.3 is 12.1 Å². The highest BCUT2D eigenvalue weighted by Gasteiger charge is 2.39. The molecule has 0 aliphatic carbocycles. The molecule has 0 spiro atoms. The van der Waals surface area contributed by atoms with E-state index in [-0.39, 0.29) is 5.82 Å². The number of halogens is 3. The molecule has 5 nitrogen and oxygen atoms in total. The maximum Gasteiger partial charge on any atom is 0.471 e. The lowest BCUT2D eigenvalue weighted by molar-refractivity contribution is -0.167. The summed E-state index contributed by atoms with van der Waals surface area (Å²) in [7, 11) is 0. The molecule has 94 valence electrons. The summed E-state index contributed by atoms with van der Waals surface area (Å²) in [6, 6.07) is 4.62. The monoisotopic (exact) mass is 256 g/mol. The Labute approximate surface area is 99.0 Å². The standard InChI is InChI=1S/C10H7F3N4O/c11-10(12,13)9(18)15-8-5-7(16-17-8)6-1-3-14-4-2-6/h1-5H,(H2,15,16,17,18). The minimum absolute atomic E-state index is 0.191. The quantitative estimate of drug-likeness (QED) is 0.862. The number of carbonyl (C=O) groups is 1. The van der Waals surface area contributed by atoms with Gasteiger partial charge in [0.05, 0.1) is 5.69 Å². The third-order valence-electron chi connectivity index (χ3n) is 2.07. The second kappa shape index (κ2) is 4.47. The molecular weight excluding hydrogens is 249 g/mol. The van der Waals surface area contributed by atoms with E-state index in [1.54, 1.807) is 17.4 Å². The van der Waals surface area contributed by atoms with Crippen LogP contribution < -0.4 is 5.32 Å². The number of amides is 1. The number of pyridine rings is 1. The van der Waals surface area contributed by atoms with E-state index in [1.165, 1.54) is 18.5 Å². The molecule has 0 atom stereocenters. The molecule has 0 radical (unpaired) electrons. The van der Waals surface area contributed by atoms with Gasteiger partial charge in [-0.25, -0.2) is 0 Å². The Bertz CT molecular complexity index is 550. The number of aromatic amines is 1. The van der Waals surface area contributed by atoms with E-state index >= 15 is 0 Å². The Kier molecular flexibility index (Phi) is 3.00. The van der Waals surface area contributed by atoms with Crippen molar-refractivity contribution in [3.05, 3.63) is 30.6 Å². The summed E-state index contributed by atoms with van der Waals surface area (Å²) in [5, 5.41) is 7.74. The van der Waals surface area contributed by atoms with Crippen LogP contribution in [0.1, 0.15) is 0 Å². The van der Waals surface area contributed by atoms with Gasteiger partial charge in [-0.3, -0.25) is 14.9 Å². The smallest absolute Gasteiger partial charge is 0.301 e. The van der Waals surface area contributed by atoms with Gasteiger partial charge in [-0.05, 0) is 12.1 Å². The first kappa shape index (κ1) is 12.1. The molecule has 2 N–H and O–H groups in total. The normalized spacial score (nSPS) is 11.3. The summed E-state index contributed by atoms with van der Waals surface area (Å²) >= 11 is 0. The first-order valence-electron chi connectivity index (χ1n) is 4.81. The fourth-order valence-corrected chi connectivity index (χ4v) is 1.25. The van der Waals surface area contributed by atoms with Gasteiger partial charge in [0.15, 0.2) is 5.82 Å². The molecule has 2 aromatic heterocycles. The van der Waals surface area contributed by atoms with Crippen molar-refractivity contribution in [2.45, 2.75) is 6.18 Å². The molecule has 2 rings (SSSR count). The van der Waals surface area contributed by atoms with Gasteiger partial charge in [0.2, 0.25) is 0 Å². The molecule has 0 unspecified atom stereocenters. The third-order valence-corrected chi connectivity index (χ3v) is 2.07. The van der Waals surface area contributed by atoms with E-state index in [4.69, 9.17) is 0 Å². The minimum Gasteiger partial charge on any atom is -0.301 e. The Morgan fingerprint density at radius 3 is 2.56 bits per heavy atom. The highest BCUT2D eigenvalue weighted by Crippen LogP contribution is 2.21. The van der Waals surface area contributed by atoms with Crippen LogP contribution in [0.4, 0.5) is 19.0 Å². The number of hydrogen-bond donors (Lipinski definition) is 2. The number of nitrogens with one attached hydrogen (secondary N) is 2. The van der Waals surface area contributed by atoms with Crippen molar-refractivity contribution in [1.82, 2.24) is 15.2 Å². The zero-order valence-electron chi connectivity index (χ0n) is 8.82. The topological polar surface area (TPSA) is 70.7 Å². The lowest BCUT2D eigenvalue weighted by Gasteiger charge is -2.04. The van der Waals surface area contributed by atoms with Gasteiger partial charge in [0.1, 0.15) is 0 Å². The molecule has 0 aliphatic rings. The zero-order chi connectivity index (χ0) is 13.2. The molecule has 0 bridgehead atoms. The predicted molar refractivity (Wildman–Crippen MR) is 56.5 cm³/mol. The predicted octanol–water partition coefficient (Wildman–Crippen LogP) is 1.97. The van der Waals surface area contributed by atoms with Crippen molar-refractivity contribution in [1.29, 1.82) is 0 Å². The van der Waals surface area contributed by atoms with Gasteiger partial charge in [-0.2, -0.15) is 18.3 Å². The van der Waals surface area contributed by atoms with E-state index in [1.807, 2.05) is 0 Å². The number of rotatable bonds is 2. The summed E-state index contributed by atoms with van der Waals surface area (Å²) in [6.07, 6.45) is -1.87. The SMILES string of the molecule is O=C(Nc1cc(-c2ccncc2)[nH]n1)C(F)(F)F. The summed E-state index contributed by atoms with van der Waals surface area (Å²) in [5.41, 5.74) is 1.18. The van der Waals surface area contributed by atoms with Gasteiger partial charge in [-0.1, -0.05) is 0 Å². The maximum atomic E-state index is 12.0. The Hall–Kier alpha value is -2.38. The van der Waals surface area contributed by atoms with Crippen molar-refractivity contribution in [2.24, 2.45) is 0 Å². The number of nitrogens with zero attached hydrogens (tertiary/aromatic N) is 2. The Morgan fingerprint density at radius 2 is 1.94 bits per heavy atom. The largest absolute Gasteiger partial charge is 0.471 e. The number of H-pyrrole nitrogens is 1. The number of anilines is 1. The molecule has 0 aromatic carbocycles. The van der Waals surface area contributed by atoms with Crippen LogP contribution in [0.15, 0.2) is 30.6 Å². The van der Waals surface area contributed by atoms with Crippen molar-refractivity contribution in [2.75, 3.05) is 5.32 Å². The third kappa shape index (κ3) is 2.65. The molecule has 0 fully saturated rings. The minimum atomic E-state index is -4.93. The van der Waals surface area contributed by atoms with E-state index in [2.05, 4.69) is 15.2 Å². The molecule has 0 saturated carbocycles. The van der Waals surface area contributed by atoms with Gasteiger partial charge < -0.3 is 5.32 Å². The highest BCUT2D eigenvalue weighted by molar-refractivity contribution is 5.94. The molecule has 18 heavy (non-hydrogen) atoms. The lowest BCUT2D eigenvalue weighted by atomic mass is 10.2. The average molecular weight is 256 g/mol. The molecule has 0 saturated heterocycles. The summed E-state index contributed by atoms with van der Waals surface area (Å²) in [5.74, 6) is -2.25. The van der Waals surface area contributed by atoms with Crippen LogP contribution in [0, 0.1) is 0 Å². The van der Waals surface area contributed by atoms with Crippen molar-refractivity contribution >= 4 is 11.7 Å². The maximum absolute atomic E-state index is 12.0. The summed E-state index contributed by atoms with van der Waals surface area (Å²) in [6.45, 7) is 0. The number of hydrogen-bond acceptors (Lipinski definition) is 3. The van der Waals surface area contributed by atoms with Crippen molar-refractivity contribution < 1.29 is 18.0 Å². The van der Waals surface area contributed by atoms with Gasteiger partial charge in [0, 0.05) is 24.0 Å². The average Bonchev–Trinajstić information content (AvgIpc) is 2.77. The molecule has 2 aromatic rings. The Balaban J connectivity index is 2.15. The zero-order valence-corrected chi connectivity index (χ0v) is 8.82. The first-order valence-corrected chi connectivity index (χ1v) is 4.81.